The second-order valence-corrected chi connectivity index (χ2v) is 9.93. The lowest BCUT2D eigenvalue weighted by Crippen LogP contribution is -2.31. The summed E-state index contributed by atoms with van der Waals surface area (Å²) in [7, 11) is 0. The van der Waals surface area contributed by atoms with Crippen LogP contribution in [0.3, 0.4) is 0 Å². The summed E-state index contributed by atoms with van der Waals surface area (Å²) in [5.41, 5.74) is 3.18. The number of halogens is 3. The van der Waals surface area contributed by atoms with E-state index in [1.54, 1.807) is 25.1 Å². The second-order valence-electron chi connectivity index (χ2n) is 8.99. The fourth-order valence-corrected chi connectivity index (χ4v) is 4.92. The third kappa shape index (κ3) is 5.38. The minimum atomic E-state index is -1.19. The molecule has 2 atom stereocenters. The molecule has 0 radical (unpaired) electrons. The first-order chi connectivity index (χ1) is 18.3. The van der Waals surface area contributed by atoms with E-state index in [-0.39, 0.29) is 29.8 Å². The van der Waals surface area contributed by atoms with Gasteiger partial charge in [0.05, 0.1) is 12.6 Å². The van der Waals surface area contributed by atoms with Crippen LogP contribution >= 0.6 is 11.8 Å². The maximum Gasteiger partial charge on any atom is 0.247 e. The van der Waals surface area contributed by atoms with Crippen molar-refractivity contribution >= 4 is 35.3 Å². The molecule has 3 heterocycles. The third-order valence-electron chi connectivity index (χ3n) is 6.26. The zero-order valence-corrected chi connectivity index (χ0v) is 21.5. The van der Waals surface area contributed by atoms with E-state index >= 15 is 4.39 Å². The topological polar surface area (TPSA) is 84.2 Å². The summed E-state index contributed by atoms with van der Waals surface area (Å²) < 4.78 is 43.9. The molecule has 5 rings (SSSR count). The number of carbonyl (C=O) groups is 1. The van der Waals surface area contributed by atoms with Crippen LogP contribution in [0.2, 0.25) is 0 Å². The molecule has 2 unspecified atom stereocenters. The number of imidazole rings is 1. The molecule has 0 aliphatic carbocycles. The number of fused-ring (bicyclic) bond motifs is 1. The van der Waals surface area contributed by atoms with Gasteiger partial charge in [-0.15, -0.1) is 0 Å². The summed E-state index contributed by atoms with van der Waals surface area (Å²) in [6, 6.07) is 11.6. The first-order valence-electron chi connectivity index (χ1n) is 12.1. The number of carbonyl (C=O) groups excluding carboxylic acids is 1. The number of rotatable bonds is 9. The zero-order chi connectivity index (χ0) is 26.8. The van der Waals surface area contributed by atoms with E-state index in [0.29, 0.717) is 23.1 Å². The van der Waals surface area contributed by atoms with Crippen LogP contribution in [0, 0.1) is 24.5 Å². The van der Waals surface area contributed by atoms with Gasteiger partial charge in [-0.05, 0) is 48.7 Å². The first-order valence-corrected chi connectivity index (χ1v) is 13.1. The minimum Gasteiger partial charge on any atom is -0.375 e. The first kappa shape index (κ1) is 25.8. The summed E-state index contributed by atoms with van der Waals surface area (Å²) in [6.45, 7) is 4.26. The van der Waals surface area contributed by atoms with E-state index in [1.807, 2.05) is 25.3 Å². The standard InChI is InChI=1S/C27H25F3N6OS/c1-3-23(26(37)33-21-10-18(9-4-15(21)2)32-19-12-31-13-19)36-24(30)20(29)11-22-25(36)35-27(34-22)38-14-16-5-7-17(28)8-6-16/h4-12,19,23,32H,3,13-14H2,1-2H3,(H,33,37). The predicted molar refractivity (Wildman–Crippen MR) is 142 cm³/mol. The second kappa shape index (κ2) is 10.9. The Morgan fingerprint density at radius 1 is 1.13 bits per heavy atom. The van der Waals surface area contributed by atoms with E-state index in [9.17, 15) is 13.6 Å². The van der Waals surface area contributed by atoms with Gasteiger partial charge >= 0.3 is 0 Å². The minimum absolute atomic E-state index is 0.0731. The number of pyridine rings is 1. The highest BCUT2D eigenvalue weighted by Crippen LogP contribution is 2.32. The van der Waals surface area contributed by atoms with Crippen molar-refractivity contribution in [1.29, 1.82) is 0 Å². The number of benzene rings is 2. The molecule has 2 N–H and O–H groups in total. The van der Waals surface area contributed by atoms with Gasteiger partial charge in [-0.25, -0.2) is 18.7 Å². The van der Waals surface area contributed by atoms with Gasteiger partial charge in [0.25, 0.3) is 0 Å². The SMILES string of the molecule is CCC(C(=O)Nc1cc(NC2C=NC2)ccc1C)n1c2nc(SCc3ccc(F)cc3)nc-2cc(F)c1F. The average molecular weight is 539 g/mol. The summed E-state index contributed by atoms with van der Waals surface area (Å²) in [5.74, 6) is -2.64. The molecular weight excluding hydrogens is 513 g/mol. The van der Waals surface area contributed by atoms with E-state index in [0.717, 1.165) is 27.4 Å². The van der Waals surface area contributed by atoms with Gasteiger partial charge in [-0.3, -0.25) is 14.4 Å². The number of aromatic nitrogens is 3. The van der Waals surface area contributed by atoms with Crippen molar-refractivity contribution in [2.24, 2.45) is 4.99 Å². The number of amides is 1. The van der Waals surface area contributed by atoms with Gasteiger partial charge in [0.2, 0.25) is 11.9 Å². The Morgan fingerprint density at radius 3 is 2.58 bits per heavy atom. The maximum atomic E-state index is 15.2. The molecule has 3 aliphatic heterocycles. The number of nitrogens with one attached hydrogen (secondary N) is 2. The van der Waals surface area contributed by atoms with E-state index in [4.69, 9.17) is 0 Å². The normalized spacial score (nSPS) is 15.3. The molecule has 2 aromatic rings. The molecule has 1 amide bonds. The van der Waals surface area contributed by atoms with Crippen LogP contribution in [0.25, 0.3) is 11.5 Å². The Hall–Kier alpha value is -3.86. The van der Waals surface area contributed by atoms with Crippen molar-refractivity contribution in [3.05, 3.63) is 77.2 Å². The highest BCUT2D eigenvalue weighted by Gasteiger charge is 2.30. The number of aliphatic imine (C=N–C) groups is 1. The van der Waals surface area contributed by atoms with E-state index in [2.05, 4.69) is 25.6 Å². The lowest BCUT2D eigenvalue weighted by Gasteiger charge is -2.23. The Balaban J connectivity index is 1.40. The Bertz CT molecular complexity index is 1470. The fraction of sp³-hybridized carbons (Fsp3) is 0.259. The number of hydrogen-bond acceptors (Lipinski definition) is 6. The molecule has 2 aromatic carbocycles. The number of thioether (sulfide) groups is 1. The molecule has 196 valence electrons. The van der Waals surface area contributed by atoms with Crippen LogP contribution in [-0.4, -0.2) is 39.2 Å². The van der Waals surface area contributed by atoms with Crippen molar-refractivity contribution in [3.8, 4) is 11.5 Å². The number of aryl methyl sites for hydroxylation is 1. The van der Waals surface area contributed by atoms with E-state index in [1.165, 1.54) is 23.9 Å². The largest absolute Gasteiger partial charge is 0.375 e. The van der Waals surface area contributed by atoms with Gasteiger partial charge in [0.15, 0.2) is 16.8 Å². The van der Waals surface area contributed by atoms with Crippen molar-refractivity contribution in [2.75, 3.05) is 17.2 Å². The fourth-order valence-electron chi connectivity index (χ4n) is 4.12. The lowest BCUT2D eigenvalue weighted by molar-refractivity contribution is -0.119. The van der Waals surface area contributed by atoms with Crippen LogP contribution in [0.15, 0.2) is 58.7 Å². The van der Waals surface area contributed by atoms with Crippen molar-refractivity contribution in [1.82, 2.24) is 14.5 Å². The van der Waals surface area contributed by atoms with Crippen LogP contribution in [0.4, 0.5) is 24.5 Å². The molecule has 0 aromatic heterocycles. The van der Waals surface area contributed by atoms with Crippen LogP contribution < -0.4 is 10.6 Å². The summed E-state index contributed by atoms with van der Waals surface area (Å²) in [5, 5.41) is 6.48. The molecule has 0 saturated heterocycles. The van der Waals surface area contributed by atoms with Crippen molar-refractivity contribution in [3.63, 3.8) is 0 Å². The molecule has 0 bridgehead atoms. The quantitative estimate of drug-likeness (QED) is 0.206. The van der Waals surface area contributed by atoms with Gasteiger partial charge in [-0.1, -0.05) is 36.9 Å². The zero-order valence-electron chi connectivity index (χ0n) is 20.7. The molecular formula is C27H25F3N6OS. The average Bonchev–Trinajstić information content (AvgIpc) is 3.27. The molecule has 7 nitrogen and oxygen atoms in total. The molecule has 0 saturated carbocycles. The number of hydrogen-bond donors (Lipinski definition) is 2. The third-order valence-corrected chi connectivity index (χ3v) is 7.18. The maximum absolute atomic E-state index is 15.2. The predicted octanol–water partition coefficient (Wildman–Crippen LogP) is 5.86. The summed E-state index contributed by atoms with van der Waals surface area (Å²) in [4.78, 5) is 26.2. The van der Waals surface area contributed by atoms with Crippen molar-refractivity contribution < 1.29 is 18.0 Å². The Morgan fingerprint density at radius 2 is 1.89 bits per heavy atom. The highest BCUT2D eigenvalue weighted by molar-refractivity contribution is 7.98. The number of anilines is 2. The van der Waals surface area contributed by atoms with Crippen molar-refractivity contribution in [2.45, 2.75) is 43.3 Å². The summed E-state index contributed by atoms with van der Waals surface area (Å²) >= 11 is 1.25. The van der Waals surface area contributed by atoms with Crippen LogP contribution in [0.5, 0.6) is 0 Å². The number of nitrogens with zero attached hydrogens (tertiary/aromatic N) is 4. The molecule has 38 heavy (non-hydrogen) atoms. The Labute approximate surface area is 221 Å². The van der Waals surface area contributed by atoms with Gasteiger partial charge in [0, 0.05) is 29.4 Å². The van der Waals surface area contributed by atoms with Crippen LogP contribution in [-0.2, 0) is 10.5 Å². The van der Waals surface area contributed by atoms with E-state index < -0.39 is 23.7 Å². The smallest absolute Gasteiger partial charge is 0.247 e. The Kier molecular flexibility index (Phi) is 7.37. The molecule has 0 spiro atoms. The molecule has 0 fully saturated rings. The van der Waals surface area contributed by atoms with Gasteiger partial charge in [0.1, 0.15) is 17.6 Å². The summed E-state index contributed by atoms with van der Waals surface area (Å²) in [6.07, 6.45) is 2.00. The monoisotopic (exact) mass is 538 g/mol. The van der Waals surface area contributed by atoms with Gasteiger partial charge in [-0.2, -0.15) is 4.39 Å². The lowest BCUT2D eigenvalue weighted by atomic mass is 10.1. The highest BCUT2D eigenvalue weighted by atomic mass is 32.2. The van der Waals surface area contributed by atoms with Crippen LogP contribution in [0.1, 0.15) is 30.5 Å². The molecule has 11 heteroatoms. The van der Waals surface area contributed by atoms with Gasteiger partial charge < -0.3 is 10.6 Å². The molecule has 3 aliphatic rings.